The van der Waals surface area contributed by atoms with Crippen LogP contribution in [0.25, 0.3) is 0 Å². The SMILES string of the molecule is CSC1CCCC(NC(=O)C(C)(C)Br)C1. The highest BCUT2D eigenvalue weighted by molar-refractivity contribution is 9.10. The number of rotatable bonds is 3. The molecule has 1 saturated carbocycles. The van der Waals surface area contributed by atoms with E-state index < -0.39 is 4.32 Å². The number of nitrogens with one attached hydrogen (secondary N) is 1. The highest BCUT2D eigenvalue weighted by Crippen LogP contribution is 2.27. The van der Waals surface area contributed by atoms with E-state index in [9.17, 15) is 4.79 Å². The van der Waals surface area contributed by atoms with Crippen molar-refractivity contribution in [1.29, 1.82) is 0 Å². The molecule has 0 aromatic rings. The molecule has 2 unspecified atom stereocenters. The van der Waals surface area contributed by atoms with Gasteiger partial charge in [-0.25, -0.2) is 0 Å². The number of alkyl halides is 1. The van der Waals surface area contributed by atoms with Crippen LogP contribution in [-0.2, 0) is 4.79 Å². The largest absolute Gasteiger partial charge is 0.352 e. The minimum Gasteiger partial charge on any atom is -0.352 e. The Bertz CT molecular complexity index is 227. The number of carbonyl (C=O) groups excluding carboxylic acids is 1. The first-order chi connectivity index (χ1) is 6.93. The first kappa shape index (κ1) is 13.4. The van der Waals surface area contributed by atoms with Gasteiger partial charge in [0, 0.05) is 11.3 Å². The van der Waals surface area contributed by atoms with Crippen LogP contribution in [0, 0.1) is 0 Å². The second-order valence-corrected chi connectivity index (χ2v) is 7.79. The zero-order valence-corrected chi connectivity index (χ0v) is 12.1. The van der Waals surface area contributed by atoms with Gasteiger partial charge in [-0.05, 0) is 39.4 Å². The van der Waals surface area contributed by atoms with Gasteiger partial charge >= 0.3 is 0 Å². The summed E-state index contributed by atoms with van der Waals surface area (Å²) in [7, 11) is 0. The van der Waals surface area contributed by atoms with Crippen molar-refractivity contribution < 1.29 is 4.79 Å². The lowest BCUT2D eigenvalue weighted by atomic mass is 9.94. The Labute approximate surface area is 105 Å². The zero-order chi connectivity index (χ0) is 11.5. The smallest absolute Gasteiger partial charge is 0.236 e. The summed E-state index contributed by atoms with van der Waals surface area (Å²) in [4.78, 5) is 11.8. The average Bonchev–Trinajstić information content (AvgIpc) is 2.16. The maximum absolute atomic E-state index is 11.8. The highest BCUT2D eigenvalue weighted by atomic mass is 79.9. The first-order valence-corrected chi connectivity index (χ1v) is 7.54. The van der Waals surface area contributed by atoms with Crippen LogP contribution in [0.5, 0.6) is 0 Å². The normalized spacial score (nSPS) is 27.5. The van der Waals surface area contributed by atoms with Gasteiger partial charge in [0.15, 0.2) is 0 Å². The van der Waals surface area contributed by atoms with Crippen LogP contribution in [0.2, 0.25) is 0 Å². The lowest BCUT2D eigenvalue weighted by Gasteiger charge is -2.30. The molecule has 2 nitrogen and oxygen atoms in total. The first-order valence-electron chi connectivity index (χ1n) is 5.46. The van der Waals surface area contributed by atoms with Crippen molar-refractivity contribution in [2.45, 2.75) is 55.1 Å². The van der Waals surface area contributed by atoms with E-state index in [1.807, 2.05) is 25.6 Å². The summed E-state index contributed by atoms with van der Waals surface area (Å²) in [5.41, 5.74) is 0. The number of amides is 1. The summed E-state index contributed by atoms with van der Waals surface area (Å²) < 4.78 is -0.445. The Hall–Kier alpha value is 0.300. The quantitative estimate of drug-likeness (QED) is 0.811. The van der Waals surface area contributed by atoms with Crippen molar-refractivity contribution in [2.24, 2.45) is 0 Å². The summed E-state index contributed by atoms with van der Waals surface area (Å²) in [6.07, 6.45) is 6.94. The van der Waals surface area contributed by atoms with Crippen LogP contribution in [0.1, 0.15) is 39.5 Å². The monoisotopic (exact) mass is 293 g/mol. The molecule has 0 radical (unpaired) electrons. The minimum absolute atomic E-state index is 0.106. The molecule has 0 aromatic carbocycles. The minimum atomic E-state index is -0.445. The predicted molar refractivity (Wildman–Crippen MR) is 70.7 cm³/mol. The second-order valence-electron chi connectivity index (χ2n) is 4.67. The Morgan fingerprint density at radius 3 is 2.67 bits per heavy atom. The summed E-state index contributed by atoms with van der Waals surface area (Å²) in [6, 6.07) is 0.375. The van der Waals surface area contributed by atoms with Crippen molar-refractivity contribution in [3.05, 3.63) is 0 Å². The zero-order valence-electron chi connectivity index (χ0n) is 9.68. The van der Waals surface area contributed by atoms with Crippen LogP contribution in [0.15, 0.2) is 0 Å². The maximum atomic E-state index is 11.8. The molecule has 2 atom stereocenters. The van der Waals surface area contributed by atoms with Crippen molar-refractivity contribution in [3.8, 4) is 0 Å². The van der Waals surface area contributed by atoms with Gasteiger partial charge in [0.25, 0.3) is 0 Å². The van der Waals surface area contributed by atoms with E-state index in [-0.39, 0.29) is 5.91 Å². The van der Waals surface area contributed by atoms with Gasteiger partial charge in [-0.15, -0.1) is 0 Å². The lowest BCUT2D eigenvalue weighted by Crippen LogP contribution is -2.45. The van der Waals surface area contributed by atoms with Gasteiger partial charge < -0.3 is 5.32 Å². The molecule has 1 rings (SSSR count). The van der Waals surface area contributed by atoms with Crippen molar-refractivity contribution in [2.75, 3.05) is 6.26 Å². The van der Waals surface area contributed by atoms with Gasteiger partial charge in [0.05, 0.1) is 4.32 Å². The molecule has 1 aliphatic rings. The molecule has 0 aliphatic heterocycles. The van der Waals surface area contributed by atoms with Crippen LogP contribution in [0.4, 0.5) is 0 Å². The molecule has 15 heavy (non-hydrogen) atoms. The Balaban J connectivity index is 2.41. The van der Waals surface area contributed by atoms with E-state index in [0.717, 1.165) is 18.1 Å². The van der Waals surface area contributed by atoms with Gasteiger partial charge in [0.1, 0.15) is 0 Å². The van der Waals surface area contributed by atoms with Crippen molar-refractivity contribution >= 4 is 33.6 Å². The summed E-state index contributed by atoms with van der Waals surface area (Å²) in [5, 5.41) is 3.85. The average molecular weight is 294 g/mol. The molecular formula is C11H20BrNOS. The number of hydrogen-bond acceptors (Lipinski definition) is 2. The topological polar surface area (TPSA) is 29.1 Å². The number of hydrogen-bond donors (Lipinski definition) is 1. The molecule has 0 spiro atoms. The molecule has 1 fully saturated rings. The Morgan fingerprint density at radius 1 is 1.47 bits per heavy atom. The number of thioether (sulfide) groups is 1. The molecule has 0 saturated heterocycles. The number of carbonyl (C=O) groups is 1. The van der Waals surface area contributed by atoms with E-state index in [1.54, 1.807) is 0 Å². The van der Waals surface area contributed by atoms with Gasteiger partial charge in [-0.1, -0.05) is 22.4 Å². The van der Waals surface area contributed by atoms with Crippen LogP contribution in [-0.4, -0.2) is 27.8 Å². The van der Waals surface area contributed by atoms with E-state index >= 15 is 0 Å². The van der Waals surface area contributed by atoms with Crippen LogP contribution < -0.4 is 5.32 Å². The summed E-state index contributed by atoms with van der Waals surface area (Å²) in [6.45, 7) is 3.77. The molecule has 1 amide bonds. The van der Waals surface area contributed by atoms with E-state index in [2.05, 4.69) is 27.5 Å². The molecule has 0 aromatic heterocycles. The molecule has 88 valence electrons. The fourth-order valence-electron chi connectivity index (χ4n) is 1.85. The Kier molecular flexibility index (Phi) is 4.97. The van der Waals surface area contributed by atoms with Crippen LogP contribution >= 0.6 is 27.7 Å². The lowest BCUT2D eigenvalue weighted by molar-refractivity contribution is -0.123. The van der Waals surface area contributed by atoms with E-state index in [0.29, 0.717) is 6.04 Å². The van der Waals surface area contributed by atoms with Gasteiger partial charge in [-0.3, -0.25) is 4.79 Å². The molecule has 1 N–H and O–H groups in total. The third-order valence-corrected chi connectivity index (χ3v) is 4.29. The molecule has 0 bridgehead atoms. The maximum Gasteiger partial charge on any atom is 0.236 e. The standard InChI is InChI=1S/C11H20BrNOS/c1-11(2,12)10(14)13-8-5-4-6-9(7-8)15-3/h8-9H,4-7H2,1-3H3,(H,13,14). The van der Waals surface area contributed by atoms with Crippen molar-refractivity contribution in [1.82, 2.24) is 5.32 Å². The van der Waals surface area contributed by atoms with Gasteiger partial charge in [0.2, 0.25) is 5.91 Å². The molecule has 0 heterocycles. The molecule has 1 aliphatic carbocycles. The second kappa shape index (κ2) is 5.58. The van der Waals surface area contributed by atoms with Crippen molar-refractivity contribution in [3.63, 3.8) is 0 Å². The fourth-order valence-corrected chi connectivity index (χ4v) is 2.79. The third-order valence-electron chi connectivity index (χ3n) is 2.83. The van der Waals surface area contributed by atoms with E-state index in [1.165, 1.54) is 12.8 Å². The molecular weight excluding hydrogens is 274 g/mol. The molecule has 4 heteroatoms. The Morgan fingerprint density at radius 2 is 2.13 bits per heavy atom. The van der Waals surface area contributed by atoms with Gasteiger partial charge in [-0.2, -0.15) is 11.8 Å². The van der Waals surface area contributed by atoms with Crippen LogP contribution in [0.3, 0.4) is 0 Å². The summed E-state index contributed by atoms with van der Waals surface area (Å²) >= 11 is 5.31. The highest BCUT2D eigenvalue weighted by Gasteiger charge is 2.28. The fraction of sp³-hybridized carbons (Fsp3) is 0.909. The predicted octanol–water partition coefficient (Wildman–Crippen LogP) is 2.95. The third kappa shape index (κ3) is 4.35. The van der Waals surface area contributed by atoms with E-state index in [4.69, 9.17) is 0 Å². The number of halogens is 1. The summed E-state index contributed by atoms with van der Waals surface area (Å²) in [5.74, 6) is 0.106.